The maximum Gasteiger partial charge on any atom is 0.318 e. The minimum atomic E-state index is -0.0755. The van der Waals surface area contributed by atoms with Crippen LogP contribution in [-0.4, -0.2) is 42.3 Å². The maximum absolute atomic E-state index is 11.4. The summed E-state index contributed by atoms with van der Waals surface area (Å²) in [5.74, 6) is 0.454. The van der Waals surface area contributed by atoms with E-state index in [4.69, 9.17) is 4.42 Å². The number of aromatic nitrogens is 2. The highest BCUT2D eigenvalue weighted by molar-refractivity contribution is 5.80. The van der Waals surface area contributed by atoms with Gasteiger partial charge in [0.2, 0.25) is 11.8 Å². The van der Waals surface area contributed by atoms with Crippen LogP contribution in [0.1, 0.15) is 33.1 Å². The zero-order valence-corrected chi connectivity index (χ0v) is 12.1. The van der Waals surface area contributed by atoms with E-state index in [0.717, 1.165) is 6.42 Å². The first-order valence-corrected chi connectivity index (χ1v) is 6.58. The molecule has 7 nitrogen and oxygen atoms in total. The lowest BCUT2D eigenvalue weighted by molar-refractivity contribution is -0.119. The Bertz CT molecular complexity index is 391. The van der Waals surface area contributed by atoms with Crippen LogP contribution in [0.5, 0.6) is 0 Å². The molecule has 0 spiro atoms. The van der Waals surface area contributed by atoms with Gasteiger partial charge in [0.15, 0.2) is 0 Å². The molecule has 0 saturated carbocycles. The number of nitrogens with zero attached hydrogens (tertiary/aromatic N) is 3. The van der Waals surface area contributed by atoms with Gasteiger partial charge in [-0.1, -0.05) is 25.9 Å². The summed E-state index contributed by atoms with van der Waals surface area (Å²) in [6.45, 7) is 7.59. The highest BCUT2D eigenvalue weighted by atomic mass is 16.4. The number of likely N-dealkylation sites (N-methyl/N-ethyl adjacent to an activating group) is 1. The molecule has 0 saturated heterocycles. The second-order valence-electron chi connectivity index (χ2n) is 4.61. The Morgan fingerprint density at radius 1 is 1.42 bits per heavy atom. The predicted molar refractivity (Wildman–Crippen MR) is 72.8 cm³/mol. The van der Waals surface area contributed by atoms with E-state index >= 15 is 0 Å². The minimum Gasteiger partial charge on any atom is -0.407 e. The fourth-order valence-electron chi connectivity index (χ4n) is 1.50. The van der Waals surface area contributed by atoms with Crippen LogP contribution in [0.3, 0.4) is 0 Å². The largest absolute Gasteiger partial charge is 0.407 e. The Hall–Kier alpha value is -1.63. The van der Waals surface area contributed by atoms with Crippen LogP contribution in [0.25, 0.3) is 0 Å². The molecular weight excluding hydrogens is 246 g/mol. The van der Waals surface area contributed by atoms with Crippen molar-refractivity contribution >= 4 is 11.9 Å². The molecule has 108 valence electrons. The normalized spacial score (nSPS) is 10.8. The summed E-state index contributed by atoms with van der Waals surface area (Å²) in [6.07, 6.45) is 0.902. The predicted octanol–water partition coefficient (Wildman–Crippen LogP) is 0.530. The van der Waals surface area contributed by atoms with Crippen LogP contribution in [-0.2, 0) is 11.3 Å². The van der Waals surface area contributed by atoms with E-state index in [9.17, 15) is 4.79 Å². The smallest absolute Gasteiger partial charge is 0.318 e. The lowest BCUT2D eigenvalue weighted by Gasteiger charge is -2.17. The van der Waals surface area contributed by atoms with E-state index in [1.165, 1.54) is 0 Å². The van der Waals surface area contributed by atoms with Crippen LogP contribution >= 0.6 is 0 Å². The summed E-state index contributed by atoms with van der Waals surface area (Å²) < 4.78 is 5.56. The Kier molecular flexibility index (Phi) is 6.27. The average Bonchev–Trinajstić information content (AvgIpc) is 2.84. The van der Waals surface area contributed by atoms with Gasteiger partial charge in [-0.3, -0.25) is 4.79 Å². The highest BCUT2D eigenvalue weighted by Gasteiger charge is 2.16. The zero-order chi connectivity index (χ0) is 14.3. The second kappa shape index (κ2) is 7.73. The standard InChI is InChI=1S/C12H23N5O2/c1-5-6-17(8-10(18)13-4)12-16-15-11(19-12)7-14-9(2)3/h9,14H,5-8H2,1-4H3,(H,13,18). The van der Waals surface area contributed by atoms with Crippen molar-refractivity contribution in [3.05, 3.63) is 5.89 Å². The van der Waals surface area contributed by atoms with Gasteiger partial charge in [-0.25, -0.2) is 0 Å². The van der Waals surface area contributed by atoms with Crippen molar-refractivity contribution in [2.75, 3.05) is 25.0 Å². The Balaban J connectivity index is 2.65. The van der Waals surface area contributed by atoms with Crippen LogP contribution in [0.15, 0.2) is 4.42 Å². The minimum absolute atomic E-state index is 0.0755. The summed E-state index contributed by atoms with van der Waals surface area (Å²) in [7, 11) is 1.61. The van der Waals surface area contributed by atoms with Crippen molar-refractivity contribution in [2.45, 2.75) is 39.8 Å². The SMILES string of the molecule is CCCN(CC(=O)NC)c1nnc(CNC(C)C)o1. The van der Waals surface area contributed by atoms with Gasteiger partial charge >= 0.3 is 6.01 Å². The number of rotatable bonds is 8. The number of hydrogen-bond donors (Lipinski definition) is 2. The van der Waals surface area contributed by atoms with Crippen molar-refractivity contribution in [3.63, 3.8) is 0 Å². The van der Waals surface area contributed by atoms with E-state index in [2.05, 4.69) is 20.8 Å². The molecule has 0 aliphatic heterocycles. The molecule has 1 aromatic rings. The summed E-state index contributed by atoms with van der Waals surface area (Å²) in [4.78, 5) is 13.2. The van der Waals surface area contributed by atoms with Gasteiger partial charge in [0.1, 0.15) is 6.54 Å². The first kappa shape index (κ1) is 15.4. The number of carbonyl (C=O) groups excluding carboxylic acids is 1. The number of carbonyl (C=O) groups is 1. The third-order valence-corrected chi connectivity index (χ3v) is 2.50. The Morgan fingerprint density at radius 3 is 2.74 bits per heavy atom. The number of hydrogen-bond acceptors (Lipinski definition) is 6. The third-order valence-electron chi connectivity index (χ3n) is 2.50. The molecule has 0 fully saturated rings. The summed E-state index contributed by atoms with van der Waals surface area (Å²) in [5.41, 5.74) is 0. The maximum atomic E-state index is 11.4. The Morgan fingerprint density at radius 2 is 2.16 bits per heavy atom. The fraction of sp³-hybridized carbons (Fsp3) is 0.750. The summed E-state index contributed by atoms with van der Waals surface area (Å²) in [5, 5.41) is 13.8. The number of nitrogens with one attached hydrogen (secondary N) is 2. The molecule has 1 aromatic heterocycles. The van der Waals surface area contributed by atoms with E-state index in [1.54, 1.807) is 11.9 Å². The lowest BCUT2D eigenvalue weighted by Crippen LogP contribution is -2.36. The average molecular weight is 269 g/mol. The molecule has 0 atom stereocenters. The first-order valence-electron chi connectivity index (χ1n) is 6.58. The van der Waals surface area contributed by atoms with E-state index < -0.39 is 0 Å². The monoisotopic (exact) mass is 269 g/mol. The fourth-order valence-corrected chi connectivity index (χ4v) is 1.50. The van der Waals surface area contributed by atoms with Crippen molar-refractivity contribution in [3.8, 4) is 0 Å². The molecule has 1 rings (SSSR count). The lowest BCUT2D eigenvalue weighted by atomic mass is 10.4. The molecule has 0 aliphatic carbocycles. The van der Waals surface area contributed by atoms with Gasteiger partial charge < -0.3 is 20.0 Å². The first-order chi connectivity index (χ1) is 9.06. The molecule has 0 aliphatic rings. The molecule has 0 aromatic carbocycles. The molecule has 19 heavy (non-hydrogen) atoms. The molecule has 2 N–H and O–H groups in total. The van der Waals surface area contributed by atoms with Gasteiger partial charge in [0.05, 0.1) is 6.54 Å². The van der Waals surface area contributed by atoms with Crippen molar-refractivity contribution in [1.82, 2.24) is 20.8 Å². The molecule has 1 heterocycles. The van der Waals surface area contributed by atoms with Crippen LogP contribution < -0.4 is 15.5 Å². The molecule has 0 bridgehead atoms. The van der Waals surface area contributed by atoms with Crippen LogP contribution in [0.4, 0.5) is 6.01 Å². The van der Waals surface area contributed by atoms with Crippen molar-refractivity contribution in [1.29, 1.82) is 0 Å². The van der Waals surface area contributed by atoms with Gasteiger partial charge in [0, 0.05) is 19.6 Å². The van der Waals surface area contributed by atoms with E-state index in [1.807, 2.05) is 20.8 Å². The quantitative estimate of drug-likeness (QED) is 0.716. The highest BCUT2D eigenvalue weighted by Crippen LogP contribution is 2.12. The summed E-state index contributed by atoms with van der Waals surface area (Å²) in [6, 6.07) is 0.749. The van der Waals surface area contributed by atoms with Gasteiger partial charge in [-0.15, -0.1) is 5.10 Å². The Labute approximate surface area is 113 Å². The van der Waals surface area contributed by atoms with E-state index in [-0.39, 0.29) is 12.5 Å². The van der Waals surface area contributed by atoms with Crippen molar-refractivity contribution in [2.24, 2.45) is 0 Å². The molecule has 0 unspecified atom stereocenters. The molecule has 7 heteroatoms. The number of amides is 1. The van der Waals surface area contributed by atoms with Crippen LogP contribution in [0.2, 0.25) is 0 Å². The molecule has 0 radical (unpaired) electrons. The van der Waals surface area contributed by atoms with Gasteiger partial charge in [-0.2, -0.15) is 0 Å². The van der Waals surface area contributed by atoms with Crippen molar-refractivity contribution < 1.29 is 9.21 Å². The topological polar surface area (TPSA) is 83.3 Å². The van der Waals surface area contributed by atoms with Gasteiger partial charge in [0.25, 0.3) is 0 Å². The van der Waals surface area contributed by atoms with Gasteiger partial charge in [-0.05, 0) is 6.42 Å². The van der Waals surface area contributed by atoms with Crippen LogP contribution in [0, 0.1) is 0 Å². The van der Waals surface area contributed by atoms with E-state index in [0.29, 0.717) is 31.0 Å². The molecule has 1 amide bonds. The zero-order valence-electron chi connectivity index (χ0n) is 12.1. The summed E-state index contributed by atoms with van der Waals surface area (Å²) >= 11 is 0. The number of anilines is 1. The second-order valence-corrected chi connectivity index (χ2v) is 4.61. The molecular formula is C12H23N5O2. The third kappa shape index (κ3) is 5.25.